The molecule has 1 rings (SSSR count). The summed E-state index contributed by atoms with van der Waals surface area (Å²) < 4.78 is 2.32. The van der Waals surface area contributed by atoms with E-state index in [0.29, 0.717) is 6.04 Å². The van der Waals surface area contributed by atoms with E-state index in [9.17, 15) is 0 Å². The molecule has 0 aliphatic carbocycles. The third-order valence-electron chi connectivity index (χ3n) is 2.72. The Bertz CT molecular complexity index is 163. The molecule has 1 heterocycles. The highest BCUT2D eigenvalue weighted by Gasteiger charge is 2.25. The molecule has 0 radical (unpaired) electrons. The Morgan fingerprint density at radius 1 is 1.64 bits per heavy atom. The quantitative estimate of drug-likeness (QED) is 0.515. The molecule has 2 unspecified atom stereocenters. The summed E-state index contributed by atoms with van der Waals surface area (Å²) >= 11 is 0. The van der Waals surface area contributed by atoms with Crippen LogP contribution in [0.2, 0.25) is 0 Å². The minimum atomic E-state index is 0.705. The first kappa shape index (κ1) is 8.57. The second-order valence-electron chi connectivity index (χ2n) is 3.59. The van der Waals surface area contributed by atoms with Crippen molar-refractivity contribution in [1.82, 2.24) is 4.90 Å². The summed E-state index contributed by atoms with van der Waals surface area (Å²) in [5, 5.41) is 0. The van der Waals surface area contributed by atoms with Crippen LogP contribution in [-0.2, 0) is 0 Å². The highest BCUT2D eigenvalue weighted by molar-refractivity contribution is 5.49. The van der Waals surface area contributed by atoms with Crippen molar-refractivity contribution in [2.75, 3.05) is 14.1 Å². The molecule has 0 aromatic carbocycles. The van der Waals surface area contributed by atoms with E-state index in [4.69, 9.17) is 0 Å². The van der Waals surface area contributed by atoms with Crippen LogP contribution in [0.1, 0.15) is 26.7 Å². The van der Waals surface area contributed by atoms with Crippen LogP contribution in [0.4, 0.5) is 0 Å². The van der Waals surface area contributed by atoms with E-state index in [0.717, 1.165) is 6.04 Å². The second kappa shape index (κ2) is 3.24. The summed E-state index contributed by atoms with van der Waals surface area (Å²) in [7, 11) is 4.31. The predicted molar refractivity (Wildman–Crippen MR) is 48.2 cm³/mol. The largest absolute Gasteiger partial charge is 0.268 e. The third kappa shape index (κ3) is 1.73. The smallest absolute Gasteiger partial charge is 0.234 e. The average molecular weight is 155 g/mol. The van der Waals surface area contributed by atoms with Crippen LogP contribution in [0.3, 0.4) is 0 Å². The zero-order valence-electron chi connectivity index (χ0n) is 8.04. The summed E-state index contributed by atoms with van der Waals surface area (Å²) in [5.41, 5.74) is 0. The van der Waals surface area contributed by atoms with Crippen molar-refractivity contribution in [1.29, 1.82) is 0 Å². The van der Waals surface area contributed by atoms with Gasteiger partial charge in [-0.25, -0.2) is 0 Å². The molecule has 2 nitrogen and oxygen atoms in total. The minimum absolute atomic E-state index is 0.705. The molecular weight excluding hydrogens is 136 g/mol. The van der Waals surface area contributed by atoms with Gasteiger partial charge in [-0.15, -0.1) is 0 Å². The van der Waals surface area contributed by atoms with Crippen molar-refractivity contribution >= 4 is 6.34 Å². The lowest BCUT2D eigenvalue weighted by atomic mass is 10.0. The fraction of sp³-hybridized carbons (Fsp3) is 0.889. The van der Waals surface area contributed by atoms with Gasteiger partial charge >= 0.3 is 0 Å². The van der Waals surface area contributed by atoms with Crippen molar-refractivity contribution in [3.63, 3.8) is 0 Å². The van der Waals surface area contributed by atoms with Crippen LogP contribution in [0.5, 0.6) is 0 Å². The molecule has 2 heteroatoms. The zero-order valence-corrected chi connectivity index (χ0v) is 8.04. The van der Waals surface area contributed by atoms with Gasteiger partial charge in [-0.1, -0.05) is 6.92 Å². The molecule has 1 aliphatic heterocycles. The Morgan fingerprint density at radius 3 is 2.82 bits per heavy atom. The summed E-state index contributed by atoms with van der Waals surface area (Å²) in [5.74, 6) is 0. The van der Waals surface area contributed by atoms with Crippen molar-refractivity contribution < 1.29 is 4.58 Å². The number of hydrogen-bond donors (Lipinski definition) is 0. The fourth-order valence-corrected chi connectivity index (χ4v) is 1.68. The first-order valence-electron chi connectivity index (χ1n) is 4.44. The maximum absolute atomic E-state index is 2.32. The summed E-state index contributed by atoms with van der Waals surface area (Å²) in [6.07, 6.45) is 4.76. The zero-order chi connectivity index (χ0) is 8.43. The molecular formula is C9H19N2+. The van der Waals surface area contributed by atoms with Gasteiger partial charge in [0.05, 0.1) is 26.2 Å². The molecule has 0 fully saturated rings. The Morgan fingerprint density at radius 2 is 2.27 bits per heavy atom. The molecule has 0 aromatic rings. The molecule has 0 bridgehead atoms. The van der Waals surface area contributed by atoms with Gasteiger partial charge in [0, 0.05) is 6.42 Å². The van der Waals surface area contributed by atoms with Crippen molar-refractivity contribution in [2.45, 2.75) is 38.8 Å². The Balaban J connectivity index is 2.68. The molecule has 2 atom stereocenters. The van der Waals surface area contributed by atoms with Crippen molar-refractivity contribution in [3.8, 4) is 0 Å². The van der Waals surface area contributed by atoms with Gasteiger partial charge in [-0.2, -0.15) is 0 Å². The maximum Gasteiger partial charge on any atom is 0.234 e. The number of rotatable bonds is 1. The van der Waals surface area contributed by atoms with Gasteiger partial charge in [0.15, 0.2) is 0 Å². The van der Waals surface area contributed by atoms with E-state index in [1.165, 1.54) is 12.8 Å². The van der Waals surface area contributed by atoms with E-state index in [2.05, 4.69) is 43.8 Å². The van der Waals surface area contributed by atoms with E-state index >= 15 is 0 Å². The van der Waals surface area contributed by atoms with Crippen molar-refractivity contribution in [3.05, 3.63) is 0 Å². The van der Waals surface area contributed by atoms with Gasteiger partial charge in [-0.3, -0.25) is 9.48 Å². The molecule has 0 saturated heterocycles. The SMILES string of the molecule is CCC1CC(C)N(C)C=[N+]1C. The molecule has 0 spiro atoms. The average Bonchev–Trinajstić information content (AvgIpc) is 1.97. The van der Waals surface area contributed by atoms with Crippen LogP contribution in [0.25, 0.3) is 0 Å². The standard InChI is InChI=1S/C9H19N2/c1-5-9-6-8(2)10(3)7-11(9)4/h7-9H,5-6H2,1-4H3/q+1. The molecule has 1 aliphatic rings. The topological polar surface area (TPSA) is 6.25 Å². The monoisotopic (exact) mass is 155 g/mol. The van der Waals surface area contributed by atoms with Crippen LogP contribution in [-0.4, -0.2) is 42.0 Å². The van der Waals surface area contributed by atoms with Gasteiger partial charge in [0.1, 0.15) is 0 Å². The normalized spacial score (nSPS) is 32.0. The lowest BCUT2D eigenvalue weighted by Crippen LogP contribution is -2.43. The van der Waals surface area contributed by atoms with Crippen LogP contribution in [0.15, 0.2) is 0 Å². The van der Waals surface area contributed by atoms with Crippen LogP contribution >= 0.6 is 0 Å². The molecule has 64 valence electrons. The first-order valence-corrected chi connectivity index (χ1v) is 4.44. The van der Waals surface area contributed by atoms with Gasteiger partial charge < -0.3 is 0 Å². The highest BCUT2D eigenvalue weighted by Crippen LogP contribution is 2.12. The van der Waals surface area contributed by atoms with Gasteiger partial charge in [0.2, 0.25) is 6.34 Å². The molecule has 0 aromatic heterocycles. The molecule has 0 N–H and O–H groups in total. The summed E-state index contributed by atoms with van der Waals surface area (Å²) in [6.45, 7) is 4.54. The molecule has 11 heavy (non-hydrogen) atoms. The first-order chi connectivity index (χ1) is 5.15. The lowest BCUT2D eigenvalue weighted by molar-refractivity contribution is -0.546. The van der Waals surface area contributed by atoms with Crippen LogP contribution in [0, 0.1) is 0 Å². The Kier molecular flexibility index (Phi) is 2.53. The Hall–Kier alpha value is -0.530. The number of nitrogens with zero attached hydrogens (tertiary/aromatic N) is 2. The Labute approximate surface area is 69.5 Å². The number of hydrogen-bond acceptors (Lipinski definition) is 1. The van der Waals surface area contributed by atoms with E-state index in [1.54, 1.807) is 0 Å². The summed E-state index contributed by atoms with van der Waals surface area (Å²) in [6, 6.07) is 1.46. The fourth-order valence-electron chi connectivity index (χ4n) is 1.68. The minimum Gasteiger partial charge on any atom is -0.268 e. The van der Waals surface area contributed by atoms with Crippen molar-refractivity contribution in [2.24, 2.45) is 0 Å². The highest BCUT2D eigenvalue weighted by atomic mass is 15.2. The molecule has 0 saturated carbocycles. The lowest BCUT2D eigenvalue weighted by Gasteiger charge is -2.27. The third-order valence-corrected chi connectivity index (χ3v) is 2.72. The van der Waals surface area contributed by atoms with Gasteiger partial charge in [-0.05, 0) is 13.3 Å². The summed E-state index contributed by atoms with van der Waals surface area (Å²) in [4.78, 5) is 2.28. The van der Waals surface area contributed by atoms with Gasteiger partial charge in [0.25, 0.3) is 0 Å². The second-order valence-corrected chi connectivity index (χ2v) is 3.59. The molecule has 0 amide bonds. The van der Waals surface area contributed by atoms with Crippen LogP contribution < -0.4 is 0 Å². The van der Waals surface area contributed by atoms with E-state index in [1.807, 2.05) is 0 Å². The van der Waals surface area contributed by atoms with E-state index in [-0.39, 0.29) is 0 Å². The maximum atomic E-state index is 2.32. The predicted octanol–water partition coefficient (Wildman–Crippen LogP) is 1.16. The van der Waals surface area contributed by atoms with E-state index < -0.39 is 0 Å².